The number of benzene rings is 1. The lowest BCUT2D eigenvalue weighted by molar-refractivity contribution is -0.126. The topological polar surface area (TPSA) is 64.6 Å². The number of aliphatic hydroxyl groups excluding tert-OH is 1. The quantitative estimate of drug-likeness (QED) is 0.745. The van der Waals surface area contributed by atoms with Crippen molar-refractivity contribution in [2.45, 2.75) is 43.9 Å². The van der Waals surface area contributed by atoms with Crippen LogP contribution < -0.4 is 10.6 Å². The largest absolute Gasteiger partial charge is 0.392 e. The Kier molecular flexibility index (Phi) is 6.11. The van der Waals surface area contributed by atoms with Gasteiger partial charge in [0.1, 0.15) is 0 Å². The van der Waals surface area contributed by atoms with Gasteiger partial charge in [-0.1, -0.05) is 29.8 Å². The van der Waals surface area contributed by atoms with Crippen LogP contribution in [0.4, 0.5) is 0 Å². The third kappa shape index (κ3) is 4.28. The Labute approximate surface area is 148 Å². The van der Waals surface area contributed by atoms with Gasteiger partial charge < -0.3 is 15.7 Å². The lowest BCUT2D eigenvalue weighted by Crippen LogP contribution is -2.51. The van der Waals surface area contributed by atoms with Crippen LogP contribution in [0, 0.1) is 0 Å². The molecule has 3 N–H and O–H groups in total. The predicted molar refractivity (Wildman–Crippen MR) is 95.2 cm³/mol. The number of amides is 1. The van der Waals surface area contributed by atoms with E-state index in [-0.39, 0.29) is 11.9 Å². The average molecular weight is 352 g/mol. The third-order valence-corrected chi connectivity index (χ3v) is 5.42. The number of halogens is 1. The Morgan fingerprint density at radius 2 is 2.08 bits per heavy atom. The van der Waals surface area contributed by atoms with Gasteiger partial charge in [0.05, 0.1) is 12.1 Å². The summed E-state index contributed by atoms with van der Waals surface area (Å²) in [5.41, 5.74) is 1.04. The predicted octanol–water partition coefficient (Wildman–Crippen LogP) is 1.19. The van der Waals surface area contributed by atoms with E-state index in [2.05, 4.69) is 15.5 Å². The van der Waals surface area contributed by atoms with Gasteiger partial charge in [0.25, 0.3) is 0 Å². The molecule has 2 atom stereocenters. The Balaban J connectivity index is 1.53. The zero-order valence-corrected chi connectivity index (χ0v) is 14.6. The van der Waals surface area contributed by atoms with Gasteiger partial charge in [0, 0.05) is 24.2 Å². The number of carbonyl (C=O) groups is 1. The van der Waals surface area contributed by atoms with E-state index >= 15 is 0 Å². The molecule has 2 saturated heterocycles. The van der Waals surface area contributed by atoms with Crippen molar-refractivity contribution < 1.29 is 9.90 Å². The lowest BCUT2D eigenvalue weighted by Gasteiger charge is -2.35. The van der Waals surface area contributed by atoms with Crippen molar-refractivity contribution in [1.29, 1.82) is 0 Å². The highest BCUT2D eigenvalue weighted by Gasteiger charge is 2.39. The number of nitrogens with one attached hydrogen (secondary N) is 2. The molecular formula is C18H26ClN3O2. The fourth-order valence-electron chi connectivity index (χ4n) is 3.78. The molecule has 0 unspecified atom stereocenters. The van der Waals surface area contributed by atoms with Crippen LogP contribution in [0.15, 0.2) is 24.3 Å². The molecule has 1 amide bonds. The lowest BCUT2D eigenvalue weighted by atomic mass is 10.0. The van der Waals surface area contributed by atoms with Gasteiger partial charge in [-0.2, -0.15) is 0 Å². The van der Waals surface area contributed by atoms with Crippen LogP contribution in [-0.2, 0) is 11.2 Å². The minimum absolute atomic E-state index is 0.0251. The summed E-state index contributed by atoms with van der Waals surface area (Å²) in [5, 5.41) is 17.1. The standard InChI is InChI=1S/C18H26ClN3O2/c19-16-4-2-1-3-13(16)5-10-21-18(24)17-11-15(23)12-22(17)14-6-8-20-9-7-14/h1-4,14-15,17,20,23H,5-12H2,(H,21,24)/t15-,17+/m1/s1. The van der Waals surface area contributed by atoms with Gasteiger partial charge in [0.15, 0.2) is 0 Å². The smallest absolute Gasteiger partial charge is 0.237 e. The monoisotopic (exact) mass is 351 g/mol. The highest BCUT2D eigenvalue weighted by atomic mass is 35.5. The molecule has 2 aliphatic heterocycles. The fraction of sp³-hybridized carbons (Fsp3) is 0.611. The van der Waals surface area contributed by atoms with Gasteiger partial charge >= 0.3 is 0 Å². The summed E-state index contributed by atoms with van der Waals surface area (Å²) in [5.74, 6) is 0.0251. The van der Waals surface area contributed by atoms with Crippen LogP contribution in [0.5, 0.6) is 0 Å². The van der Waals surface area contributed by atoms with Gasteiger partial charge in [0.2, 0.25) is 5.91 Å². The number of β-amino-alcohol motifs (C(OH)–C–C–N with tert-alkyl or cyclic N) is 1. The molecule has 0 spiro atoms. The van der Waals surface area contributed by atoms with Gasteiger partial charge in [-0.15, -0.1) is 0 Å². The van der Waals surface area contributed by atoms with Crippen LogP contribution in [-0.4, -0.2) is 60.3 Å². The molecule has 6 heteroatoms. The number of hydrogen-bond acceptors (Lipinski definition) is 4. The molecule has 2 heterocycles. The summed E-state index contributed by atoms with van der Waals surface area (Å²) in [6.07, 6.45) is 2.92. The van der Waals surface area contributed by atoms with E-state index in [1.54, 1.807) is 0 Å². The maximum atomic E-state index is 12.6. The van der Waals surface area contributed by atoms with Crippen LogP contribution >= 0.6 is 11.6 Å². The minimum atomic E-state index is -0.404. The molecule has 0 aromatic heterocycles. The molecule has 5 nitrogen and oxygen atoms in total. The SMILES string of the molecule is O=C(NCCc1ccccc1Cl)[C@@H]1C[C@@H](O)CN1C1CCNCC1. The van der Waals surface area contributed by atoms with E-state index in [9.17, 15) is 9.90 Å². The molecular weight excluding hydrogens is 326 g/mol. The number of carbonyl (C=O) groups excluding carboxylic acids is 1. The zero-order chi connectivity index (χ0) is 16.9. The first-order chi connectivity index (χ1) is 11.6. The number of hydrogen-bond donors (Lipinski definition) is 3. The van der Waals surface area contributed by atoms with Gasteiger partial charge in [-0.3, -0.25) is 9.69 Å². The normalized spacial score (nSPS) is 25.8. The van der Waals surface area contributed by atoms with Gasteiger partial charge in [-0.25, -0.2) is 0 Å². The first-order valence-corrected chi connectivity index (χ1v) is 9.18. The second kappa shape index (κ2) is 8.30. The molecule has 2 fully saturated rings. The van der Waals surface area contributed by atoms with Crippen LogP contribution in [0.25, 0.3) is 0 Å². The van der Waals surface area contributed by atoms with Crippen LogP contribution in [0.3, 0.4) is 0 Å². The summed E-state index contributed by atoms with van der Waals surface area (Å²) in [6.45, 7) is 3.14. The summed E-state index contributed by atoms with van der Waals surface area (Å²) < 4.78 is 0. The number of rotatable bonds is 5. The molecule has 0 radical (unpaired) electrons. The van der Waals surface area contributed by atoms with E-state index in [0.717, 1.165) is 36.5 Å². The average Bonchev–Trinajstić information content (AvgIpc) is 2.99. The fourth-order valence-corrected chi connectivity index (χ4v) is 4.01. The van der Waals surface area contributed by atoms with Crippen molar-refractivity contribution in [3.8, 4) is 0 Å². The van der Waals surface area contributed by atoms with E-state index in [1.165, 1.54) is 0 Å². The summed E-state index contributed by atoms with van der Waals surface area (Å²) >= 11 is 6.15. The molecule has 1 aromatic carbocycles. The maximum absolute atomic E-state index is 12.6. The number of likely N-dealkylation sites (tertiary alicyclic amines) is 1. The van der Waals surface area contributed by atoms with E-state index < -0.39 is 6.10 Å². The summed E-state index contributed by atoms with van der Waals surface area (Å²) in [4.78, 5) is 14.8. The first kappa shape index (κ1) is 17.7. The van der Waals surface area contributed by atoms with Crippen LogP contribution in [0.2, 0.25) is 5.02 Å². The minimum Gasteiger partial charge on any atom is -0.392 e. The molecule has 3 rings (SSSR count). The van der Waals surface area contributed by atoms with E-state index in [0.29, 0.717) is 32.0 Å². The molecule has 1 aromatic rings. The van der Waals surface area contributed by atoms with Crippen molar-refractivity contribution in [3.63, 3.8) is 0 Å². The summed E-state index contributed by atoms with van der Waals surface area (Å²) in [7, 11) is 0. The van der Waals surface area contributed by atoms with Crippen molar-refractivity contribution in [3.05, 3.63) is 34.9 Å². The Hall–Kier alpha value is -1.14. The Bertz CT molecular complexity index is 563. The zero-order valence-electron chi connectivity index (χ0n) is 13.9. The van der Waals surface area contributed by atoms with Crippen molar-refractivity contribution in [2.24, 2.45) is 0 Å². The Morgan fingerprint density at radius 1 is 1.33 bits per heavy atom. The van der Waals surface area contributed by atoms with Crippen molar-refractivity contribution in [2.75, 3.05) is 26.2 Å². The summed E-state index contributed by atoms with van der Waals surface area (Å²) in [6, 6.07) is 7.88. The third-order valence-electron chi connectivity index (χ3n) is 5.05. The second-order valence-electron chi connectivity index (χ2n) is 6.72. The first-order valence-electron chi connectivity index (χ1n) is 8.81. The molecule has 2 aliphatic rings. The van der Waals surface area contributed by atoms with Crippen LogP contribution in [0.1, 0.15) is 24.8 Å². The highest BCUT2D eigenvalue weighted by molar-refractivity contribution is 6.31. The molecule has 24 heavy (non-hydrogen) atoms. The molecule has 0 saturated carbocycles. The van der Waals surface area contributed by atoms with E-state index in [4.69, 9.17) is 11.6 Å². The Morgan fingerprint density at radius 3 is 2.83 bits per heavy atom. The maximum Gasteiger partial charge on any atom is 0.237 e. The highest BCUT2D eigenvalue weighted by Crippen LogP contribution is 2.25. The van der Waals surface area contributed by atoms with Crippen molar-refractivity contribution in [1.82, 2.24) is 15.5 Å². The molecule has 0 aliphatic carbocycles. The second-order valence-corrected chi connectivity index (χ2v) is 7.12. The van der Waals surface area contributed by atoms with Crippen molar-refractivity contribution >= 4 is 17.5 Å². The van der Waals surface area contributed by atoms with E-state index in [1.807, 2.05) is 24.3 Å². The number of piperidine rings is 1. The number of aliphatic hydroxyl groups is 1. The number of nitrogens with zero attached hydrogens (tertiary/aromatic N) is 1. The van der Waals surface area contributed by atoms with Gasteiger partial charge in [-0.05, 0) is 50.4 Å². The molecule has 0 bridgehead atoms. The molecule has 132 valence electrons.